The lowest BCUT2D eigenvalue weighted by atomic mass is 9.86. The molecular formula is C19H23NO4. The Morgan fingerprint density at radius 2 is 1.71 bits per heavy atom. The van der Waals surface area contributed by atoms with Crippen LogP contribution in [-0.4, -0.2) is 23.3 Å². The van der Waals surface area contributed by atoms with Gasteiger partial charge in [-0.15, -0.1) is 0 Å². The summed E-state index contributed by atoms with van der Waals surface area (Å²) in [6.07, 6.45) is 1.44. The highest BCUT2D eigenvalue weighted by molar-refractivity contribution is 6.42. The molecule has 0 spiro atoms. The summed E-state index contributed by atoms with van der Waals surface area (Å²) in [5.74, 6) is -1.07. The van der Waals surface area contributed by atoms with E-state index in [1.165, 1.54) is 13.2 Å². The van der Waals surface area contributed by atoms with Crippen LogP contribution in [0.2, 0.25) is 0 Å². The molecule has 0 saturated carbocycles. The lowest BCUT2D eigenvalue weighted by molar-refractivity contribution is -0.118. The first-order chi connectivity index (χ1) is 11.1. The van der Waals surface area contributed by atoms with E-state index >= 15 is 0 Å². The fraction of sp³-hybridized carbons (Fsp3) is 0.368. The second-order valence-corrected chi connectivity index (χ2v) is 7.09. The molecule has 0 aliphatic heterocycles. The van der Waals surface area contributed by atoms with Gasteiger partial charge in [-0.05, 0) is 30.0 Å². The van der Waals surface area contributed by atoms with E-state index in [0.29, 0.717) is 11.3 Å². The van der Waals surface area contributed by atoms with Gasteiger partial charge in [-0.25, -0.2) is 0 Å². The summed E-state index contributed by atoms with van der Waals surface area (Å²) in [6, 6.07) is 10.2. The smallest absolute Gasteiger partial charge is 0.292 e. The Balaban J connectivity index is 2.01. The number of carbonyl (C=O) groups is 2. The Labute approximate surface area is 141 Å². The lowest BCUT2D eigenvalue weighted by Crippen LogP contribution is -2.41. The number of carbonyl (C=O) groups excluding carboxylic acids is 2. The molecule has 1 unspecified atom stereocenters. The summed E-state index contributed by atoms with van der Waals surface area (Å²) < 4.78 is 5.13. The number of nitrogens with one attached hydrogen (secondary N) is 1. The molecule has 5 heteroatoms. The van der Waals surface area contributed by atoms with E-state index in [-0.39, 0.29) is 12.0 Å². The van der Waals surface area contributed by atoms with Crippen molar-refractivity contribution in [3.8, 4) is 0 Å². The van der Waals surface area contributed by atoms with Crippen molar-refractivity contribution in [3.63, 3.8) is 0 Å². The lowest BCUT2D eigenvalue weighted by Gasteiger charge is -2.21. The van der Waals surface area contributed by atoms with Crippen molar-refractivity contribution >= 4 is 11.7 Å². The van der Waals surface area contributed by atoms with E-state index in [0.717, 1.165) is 5.56 Å². The zero-order valence-electron chi connectivity index (χ0n) is 14.4. The average Bonchev–Trinajstić information content (AvgIpc) is 3.06. The maximum Gasteiger partial charge on any atom is 0.292 e. The number of benzene rings is 1. The van der Waals surface area contributed by atoms with E-state index in [1.807, 2.05) is 12.1 Å². The third-order valence-electron chi connectivity index (χ3n) is 3.86. The van der Waals surface area contributed by atoms with Gasteiger partial charge in [-0.2, -0.15) is 0 Å². The summed E-state index contributed by atoms with van der Waals surface area (Å²) in [7, 11) is 0. The number of ketones is 1. The molecule has 0 bridgehead atoms. The molecule has 1 amide bonds. The molecule has 24 heavy (non-hydrogen) atoms. The topological polar surface area (TPSA) is 79.5 Å². The maximum absolute atomic E-state index is 12.2. The minimum absolute atomic E-state index is 0.0222. The molecule has 0 aliphatic carbocycles. The van der Waals surface area contributed by atoms with Crippen LogP contribution in [0.5, 0.6) is 0 Å². The van der Waals surface area contributed by atoms with Crippen molar-refractivity contribution in [1.29, 1.82) is 0 Å². The Morgan fingerprint density at radius 1 is 1.08 bits per heavy atom. The molecule has 0 aliphatic rings. The van der Waals surface area contributed by atoms with Crippen LogP contribution in [0.3, 0.4) is 0 Å². The quantitative estimate of drug-likeness (QED) is 0.653. The third-order valence-corrected chi connectivity index (χ3v) is 3.86. The number of Topliss-reactive ketones (excluding diaryl/α,β-unsaturated/α-hetero) is 1. The molecular weight excluding hydrogens is 306 g/mol. The van der Waals surface area contributed by atoms with Gasteiger partial charge in [0.2, 0.25) is 5.78 Å². The first-order valence-electron chi connectivity index (χ1n) is 7.81. The summed E-state index contributed by atoms with van der Waals surface area (Å²) in [6.45, 7) is 7.62. The SMILES string of the molecule is CC(C)(C)c1ccc(C(=O)C(=O)NCC(C)(O)c2ccco2)cc1. The van der Waals surface area contributed by atoms with E-state index in [1.54, 1.807) is 24.3 Å². The second kappa shape index (κ2) is 6.61. The van der Waals surface area contributed by atoms with Crippen molar-refractivity contribution < 1.29 is 19.1 Å². The summed E-state index contributed by atoms with van der Waals surface area (Å²) >= 11 is 0. The van der Waals surface area contributed by atoms with Crippen molar-refractivity contribution in [3.05, 3.63) is 59.5 Å². The highest BCUT2D eigenvalue weighted by Crippen LogP contribution is 2.22. The number of hydrogen-bond donors (Lipinski definition) is 2. The summed E-state index contributed by atoms with van der Waals surface area (Å²) in [5.41, 5.74) is -0.000423. The minimum Gasteiger partial charge on any atom is -0.466 e. The van der Waals surface area contributed by atoms with Gasteiger partial charge in [0.25, 0.3) is 5.91 Å². The van der Waals surface area contributed by atoms with Gasteiger partial charge in [0.15, 0.2) is 0 Å². The number of rotatable bonds is 5. The monoisotopic (exact) mass is 329 g/mol. The van der Waals surface area contributed by atoms with Crippen LogP contribution in [0.25, 0.3) is 0 Å². The van der Waals surface area contributed by atoms with Crippen molar-refractivity contribution in [2.45, 2.75) is 38.7 Å². The first-order valence-corrected chi connectivity index (χ1v) is 7.81. The molecule has 5 nitrogen and oxygen atoms in total. The van der Waals surface area contributed by atoms with Gasteiger partial charge in [0.1, 0.15) is 11.4 Å². The molecule has 128 valence electrons. The van der Waals surface area contributed by atoms with Gasteiger partial charge in [0, 0.05) is 5.56 Å². The first kappa shape index (κ1) is 17.9. The number of amides is 1. The Bertz CT molecular complexity index is 707. The zero-order valence-corrected chi connectivity index (χ0v) is 14.4. The normalized spacial score (nSPS) is 14.0. The Hall–Kier alpha value is -2.40. The highest BCUT2D eigenvalue weighted by atomic mass is 16.4. The summed E-state index contributed by atoms with van der Waals surface area (Å²) in [5, 5.41) is 12.7. The van der Waals surface area contributed by atoms with Crippen molar-refractivity contribution in [1.82, 2.24) is 5.32 Å². The standard InChI is InChI=1S/C19H23NO4/c1-18(2,3)14-9-7-13(8-10-14)16(21)17(22)20-12-19(4,23)15-6-5-11-24-15/h5-11,23H,12H2,1-4H3,(H,20,22). The molecule has 2 N–H and O–H groups in total. The molecule has 2 aromatic rings. The van der Waals surface area contributed by atoms with Crippen LogP contribution in [-0.2, 0) is 15.8 Å². The van der Waals surface area contributed by atoms with Crippen LogP contribution in [0.15, 0.2) is 47.1 Å². The molecule has 0 radical (unpaired) electrons. The maximum atomic E-state index is 12.2. The van der Waals surface area contributed by atoms with Gasteiger partial charge >= 0.3 is 0 Å². The highest BCUT2D eigenvalue weighted by Gasteiger charge is 2.28. The average molecular weight is 329 g/mol. The largest absolute Gasteiger partial charge is 0.466 e. The predicted molar refractivity (Wildman–Crippen MR) is 90.8 cm³/mol. The van der Waals surface area contributed by atoms with E-state index in [2.05, 4.69) is 26.1 Å². The van der Waals surface area contributed by atoms with E-state index in [9.17, 15) is 14.7 Å². The molecule has 2 rings (SSSR count). The minimum atomic E-state index is -1.38. The molecule has 1 atom stereocenters. The predicted octanol–water partition coefficient (Wildman–Crippen LogP) is 2.78. The zero-order chi connectivity index (χ0) is 18.0. The number of furan rings is 1. The van der Waals surface area contributed by atoms with Crippen LogP contribution in [0.4, 0.5) is 0 Å². The van der Waals surface area contributed by atoms with Gasteiger partial charge < -0.3 is 14.8 Å². The van der Waals surface area contributed by atoms with Gasteiger partial charge in [0.05, 0.1) is 12.8 Å². The third kappa shape index (κ3) is 4.11. The van der Waals surface area contributed by atoms with Crippen molar-refractivity contribution in [2.75, 3.05) is 6.54 Å². The van der Waals surface area contributed by atoms with E-state index < -0.39 is 17.3 Å². The van der Waals surface area contributed by atoms with E-state index in [4.69, 9.17) is 4.42 Å². The number of aliphatic hydroxyl groups is 1. The fourth-order valence-electron chi connectivity index (χ4n) is 2.26. The van der Waals surface area contributed by atoms with Gasteiger partial charge in [-0.3, -0.25) is 9.59 Å². The molecule has 1 aromatic heterocycles. The van der Waals surface area contributed by atoms with Crippen LogP contribution in [0, 0.1) is 0 Å². The fourth-order valence-corrected chi connectivity index (χ4v) is 2.26. The Kier molecular flexibility index (Phi) is 4.94. The molecule has 1 heterocycles. The van der Waals surface area contributed by atoms with Crippen LogP contribution in [0.1, 0.15) is 49.4 Å². The number of hydrogen-bond acceptors (Lipinski definition) is 4. The summed E-state index contributed by atoms with van der Waals surface area (Å²) in [4.78, 5) is 24.2. The van der Waals surface area contributed by atoms with Crippen LogP contribution < -0.4 is 5.32 Å². The van der Waals surface area contributed by atoms with Gasteiger partial charge in [-0.1, -0.05) is 45.0 Å². The Morgan fingerprint density at radius 3 is 2.21 bits per heavy atom. The molecule has 1 aromatic carbocycles. The second-order valence-electron chi connectivity index (χ2n) is 7.09. The molecule has 0 saturated heterocycles. The van der Waals surface area contributed by atoms with Crippen LogP contribution >= 0.6 is 0 Å². The van der Waals surface area contributed by atoms with Crippen molar-refractivity contribution in [2.24, 2.45) is 0 Å². The molecule has 0 fully saturated rings.